The van der Waals surface area contributed by atoms with E-state index in [-0.39, 0.29) is 6.61 Å². The first-order chi connectivity index (χ1) is 9.51. The molecule has 0 aliphatic carbocycles. The second kappa shape index (κ2) is 6.13. The van der Waals surface area contributed by atoms with Crippen LogP contribution in [0.3, 0.4) is 0 Å². The van der Waals surface area contributed by atoms with Crippen molar-refractivity contribution in [2.75, 3.05) is 0 Å². The maximum Gasteiger partial charge on any atom is 0.159 e. The molecular formula is C15H11BrF2O2. The molecular weight excluding hydrogens is 330 g/mol. The first-order valence-corrected chi connectivity index (χ1v) is 6.62. The van der Waals surface area contributed by atoms with Crippen LogP contribution in [0.5, 0.6) is 5.75 Å². The standard InChI is InChI=1S/C15H11BrF2O2/c1-9-4-12(16)6-11(7-19)15(9)20-8-10-2-3-13(17)14(18)5-10/h2-7H,8H2,1H3. The van der Waals surface area contributed by atoms with Gasteiger partial charge in [-0.1, -0.05) is 22.0 Å². The Morgan fingerprint density at radius 1 is 1.20 bits per heavy atom. The molecule has 5 heteroatoms. The molecule has 104 valence electrons. The summed E-state index contributed by atoms with van der Waals surface area (Å²) < 4.78 is 32.2. The van der Waals surface area contributed by atoms with Crippen LogP contribution in [0.1, 0.15) is 21.5 Å². The summed E-state index contributed by atoms with van der Waals surface area (Å²) in [6, 6.07) is 7.01. The van der Waals surface area contributed by atoms with Gasteiger partial charge in [-0.05, 0) is 42.3 Å². The average molecular weight is 341 g/mol. The van der Waals surface area contributed by atoms with Gasteiger partial charge in [0.15, 0.2) is 17.9 Å². The first kappa shape index (κ1) is 14.7. The predicted octanol–water partition coefficient (Wildman–Crippen LogP) is 4.43. The van der Waals surface area contributed by atoms with Gasteiger partial charge in [0.2, 0.25) is 0 Å². The monoisotopic (exact) mass is 340 g/mol. The lowest BCUT2D eigenvalue weighted by molar-refractivity contribution is 0.111. The number of aldehydes is 1. The third-order valence-corrected chi connectivity index (χ3v) is 3.22. The zero-order valence-corrected chi connectivity index (χ0v) is 12.2. The van der Waals surface area contributed by atoms with Crippen molar-refractivity contribution in [2.45, 2.75) is 13.5 Å². The van der Waals surface area contributed by atoms with Crippen LogP contribution in [-0.2, 0) is 6.61 Å². The van der Waals surface area contributed by atoms with Crippen LogP contribution in [-0.4, -0.2) is 6.29 Å². The van der Waals surface area contributed by atoms with Gasteiger partial charge in [0, 0.05) is 4.47 Å². The van der Waals surface area contributed by atoms with Crippen molar-refractivity contribution >= 4 is 22.2 Å². The lowest BCUT2D eigenvalue weighted by Gasteiger charge is -2.12. The van der Waals surface area contributed by atoms with E-state index < -0.39 is 11.6 Å². The van der Waals surface area contributed by atoms with Crippen molar-refractivity contribution in [2.24, 2.45) is 0 Å². The Hall–Kier alpha value is -1.75. The van der Waals surface area contributed by atoms with E-state index in [0.717, 1.165) is 22.2 Å². The van der Waals surface area contributed by atoms with E-state index in [1.54, 1.807) is 13.0 Å². The summed E-state index contributed by atoms with van der Waals surface area (Å²) >= 11 is 3.30. The number of hydrogen-bond acceptors (Lipinski definition) is 2. The number of ether oxygens (including phenoxy) is 1. The van der Waals surface area contributed by atoms with Gasteiger partial charge in [-0.2, -0.15) is 0 Å². The summed E-state index contributed by atoms with van der Waals surface area (Å²) in [5.74, 6) is -1.38. The Morgan fingerprint density at radius 2 is 1.95 bits per heavy atom. The van der Waals surface area contributed by atoms with E-state index in [4.69, 9.17) is 4.74 Å². The Balaban J connectivity index is 2.22. The Kier molecular flexibility index (Phi) is 4.49. The number of halogens is 3. The highest BCUT2D eigenvalue weighted by atomic mass is 79.9. The maximum atomic E-state index is 13.1. The van der Waals surface area contributed by atoms with Crippen molar-refractivity contribution in [1.82, 2.24) is 0 Å². The van der Waals surface area contributed by atoms with E-state index >= 15 is 0 Å². The molecule has 0 fully saturated rings. The van der Waals surface area contributed by atoms with E-state index in [9.17, 15) is 13.6 Å². The largest absolute Gasteiger partial charge is 0.488 e. The SMILES string of the molecule is Cc1cc(Br)cc(C=O)c1OCc1ccc(F)c(F)c1. The van der Waals surface area contributed by atoms with Crippen LogP contribution >= 0.6 is 15.9 Å². The molecule has 2 aromatic rings. The second-order valence-electron chi connectivity index (χ2n) is 4.30. The highest BCUT2D eigenvalue weighted by molar-refractivity contribution is 9.10. The summed E-state index contributed by atoms with van der Waals surface area (Å²) in [5, 5.41) is 0. The average Bonchev–Trinajstić information content (AvgIpc) is 2.40. The zero-order chi connectivity index (χ0) is 14.7. The maximum absolute atomic E-state index is 13.1. The molecule has 0 heterocycles. The van der Waals surface area contributed by atoms with Crippen LogP contribution in [0.15, 0.2) is 34.8 Å². The molecule has 0 spiro atoms. The molecule has 0 saturated heterocycles. The number of hydrogen-bond donors (Lipinski definition) is 0. The predicted molar refractivity (Wildman–Crippen MR) is 75.0 cm³/mol. The van der Waals surface area contributed by atoms with Crippen LogP contribution in [0, 0.1) is 18.6 Å². The van der Waals surface area contributed by atoms with Gasteiger partial charge >= 0.3 is 0 Å². The van der Waals surface area contributed by atoms with Crippen LogP contribution in [0.25, 0.3) is 0 Å². The summed E-state index contributed by atoms with van der Waals surface area (Å²) in [6.07, 6.45) is 0.693. The van der Waals surface area contributed by atoms with Crippen molar-refractivity contribution in [3.63, 3.8) is 0 Å². The number of carbonyl (C=O) groups is 1. The van der Waals surface area contributed by atoms with Gasteiger partial charge in [-0.3, -0.25) is 4.79 Å². The smallest absolute Gasteiger partial charge is 0.159 e. The van der Waals surface area contributed by atoms with Crippen LogP contribution < -0.4 is 4.74 Å². The van der Waals surface area contributed by atoms with Crippen molar-refractivity contribution in [1.29, 1.82) is 0 Å². The summed E-state index contributed by atoms with van der Waals surface area (Å²) in [7, 11) is 0. The lowest BCUT2D eigenvalue weighted by Crippen LogP contribution is -2.01. The fraction of sp³-hybridized carbons (Fsp3) is 0.133. The molecule has 0 saturated carbocycles. The highest BCUT2D eigenvalue weighted by Crippen LogP contribution is 2.27. The number of rotatable bonds is 4. The van der Waals surface area contributed by atoms with Gasteiger partial charge in [0.1, 0.15) is 12.4 Å². The van der Waals surface area contributed by atoms with E-state index in [1.165, 1.54) is 6.07 Å². The highest BCUT2D eigenvalue weighted by Gasteiger charge is 2.10. The van der Waals surface area contributed by atoms with E-state index in [2.05, 4.69) is 15.9 Å². The molecule has 0 amide bonds. The molecule has 20 heavy (non-hydrogen) atoms. The molecule has 0 unspecified atom stereocenters. The molecule has 0 N–H and O–H groups in total. The molecule has 0 aliphatic heterocycles. The van der Waals surface area contributed by atoms with Crippen molar-refractivity contribution in [3.05, 3.63) is 63.1 Å². The zero-order valence-electron chi connectivity index (χ0n) is 10.6. The normalized spacial score (nSPS) is 10.4. The van der Waals surface area contributed by atoms with E-state index in [0.29, 0.717) is 23.2 Å². The molecule has 0 bridgehead atoms. The van der Waals surface area contributed by atoms with Gasteiger partial charge < -0.3 is 4.74 Å². The third kappa shape index (κ3) is 3.22. The molecule has 0 aliphatic rings. The number of benzene rings is 2. The minimum Gasteiger partial charge on any atom is -0.488 e. The fourth-order valence-corrected chi connectivity index (χ4v) is 2.42. The number of carbonyl (C=O) groups excluding carboxylic acids is 1. The molecule has 2 rings (SSSR count). The molecule has 2 nitrogen and oxygen atoms in total. The molecule has 0 radical (unpaired) electrons. The third-order valence-electron chi connectivity index (χ3n) is 2.76. The van der Waals surface area contributed by atoms with Gasteiger partial charge in [0.25, 0.3) is 0 Å². The minimum absolute atomic E-state index is 0.0561. The fourth-order valence-electron chi connectivity index (χ4n) is 1.83. The van der Waals surface area contributed by atoms with Gasteiger partial charge in [0.05, 0.1) is 5.56 Å². The van der Waals surface area contributed by atoms with Crippen molar-refractivity contribution in [3.8, 4) is 5.75 Å². The van der Waals surface area contributed by atoms with Gasteiger partial charge in [-0.25, -0.2) is 8.78 Å². The lowest BCUT2D eigenvalue weighted by atomic mass is 10.1. The summed E-state index contributed by atoms with van der Waals surface area (Å²) in [6.45, 7) is 1.86. The Bertz CT molecular complexity index is 657. The Morgan fingerprint density at radius 3 is 2.60 bits per heavy atom. The molecule has 0 aromatic heterocycles. The minimum atomic E-state index is -0.922. The number of aryl methyl sites for hydroxylation is 1. The quantitative estimate of drug-likeness (QED) is 0.769. The van der Waals surface area contributed by atoms with Crippen molar-refractivity contribution < 1.29 is 18.3 Å². The second-order valence-corrected chi connectivity index (χ2v) is 5.21. The van der Waals surface area contributed by atoms with E-state index in [1.807, 2.05) is 6.07 Å². The van der Waals surface area contributed by atoms with Gasteiger partial charge in [-0.15, -0.1) is 0 Å². The Labute approximate surface area is 123 Å². The topological polar surface area (TPSA) is 26.3 Å². The molecule has 2 aromatic carbocycles. The molecule has 0 atom stereocenters. The summed E-state index contributed by atoms with van der Waals surface area (Å²) in [4.78, 5) is 11.0. The van der Waals surface area contributed by atoms with Crippen LogP contribution in [0.2, 0.25) is 0 Å². The van der Waals surface area contributed by atoms with Crippen LogP contribution in [0.4, 0.5) is 8.78 Å². The summed E-state index contributed by atoms with van der Waals surface area (Å²) in [5.41, 5.74) is 1.67. The first-order valence-electron chi connectivity index (χ1n) is 5.83.